The van der Waals surface area contributed by atoms with Gasteiger partial charge in [-0.25, -0.2) is 0 Å². The van der Waals surface area contributed by atoms with Gasteiger partial charge in [0.1, 0.15) is 5.75 Å². The van der Waals surface area contributed by atoms with Crippen LogP contribution in [0.4, 0.5) is 0 Å². The van der Waals surface area contributed by atoms with Gasteiger partial charge in [0, 0.05) is 25.4 Å². The lowest BCUT2D eigenvalue weighted by molar-refractivity contribution is -0.128. The molecule has 1 aliphatic heterocycles. The van der Waals surface area contributed by atoms with Gasteiger partial charge in [0.05, 0.1) is 7.11 Å². The van der Waals surface area contributed by atoms with Gasteiger partial charge in [0.15, 0.2) is 0 Å². The van der Waals surface area contributed by atoms with Crippen LogP contribution in [0.15, 0.2) is 24.3 Å². The third-order valence-corrected chi connectivity index (χ3v) is 4.26. The molecule has 0 bridgehead atoms. The fraction of sp³-hybridized carbons (Fsp3) is 0.500. The normalized spacial score (nSPS) is 30.0. The molecular formula is C14H17NO2. The van der Waals surface area contributed by atoms with Crippen LogP contribution in [0.25, 0.3) is 0 Å². The molecule has 2 fully saturated rings. The van der Waals surface area contributed by atoms with E-state index in [1.807, 2.05) is 17.0 Å². The number of benzene rings is 1. The number of carbonyl (C=O) groups is 1. The Morgan fingerprint density at radius 1 is 1.41 bits per heavy atom. The SMILES string of the molecule is COc1ccc(C23CC2CN(C(C)=O)C3)cc1. The molecule has 2 unspecified atom stereocenters. The van der Waals surface area contributed by atoms with Gasteiger partial charge in [-0.05, 0) is 30.0 Å². The quantitative estimate of drug-likeness (QED) is 0.777. The molecule has 1 aliphatic carbocycles. The average Bonchev–Trinajstić information content (AvgIpc) is 2.92. The van der Waals surface area contributed by atoms with E-state index in [4.69, 9.17) is 4.74 Å². The van der Waals surface area contributed by atoms with E-state index < -0.39 is 0 Å². The third-order valence-electron chi connectivity index (χ3n) is 4.26. The van der Waals surface area contributed by atoms with Crippen LogP contribution in [0.1, 0.15) is 18.9 Å². The minimum Gasteiger partial charge on any atom is -0.497 e. The van der Waals surface area contributed by atoms with Crippen LogP contribution in [0, 0.1) is 5.92 Å². The molecule has 2 atom stereocenters. The van der Waals surface area contributed by atoms with E-state index in [1.165, 1.54) is 12.0 Å². The average molecular weight is 231 g/mol. The Morgan fingerprint density at radius 3 is 2.65 bits per heavy atom. The van der Waals surface area contributed by atoms with Crippen molar-refractivity contribution in [2.45, 2.75) is 18.8 Å². The molecule has 1 heterocycles. The summed E-state index contributed by atoms with van der Waals surface area (Å²) in [5, 5.41) is 0. The summed E-state index contributed by atoms with van der Waals surface area (Å²) < 4.78 is 5.17. The van der Waals surface area contributed by atoms with Gasteiger partial charge in [0.2, 0.25) is 5.91 Å². The highest BCUT2D eigenvalue weighted by atomic mass is 16.5. The first-order valence-corrected chi connectivity index (χ1v) is 6.06. The second-order valence-electron chi connectivity index (χ2n) is 5.19. The van der Waals surface area contributed by atoms with Crippen molar-refractivity contribution in [1.82, 2.24) is 4.90 Å². The van der Waals surface area contributed by atoms with E-state index in [2.05, 4.69) is 12.1 Å². The fourth-order valence-electron chi connectivity index (χ4n) is 3.09. The lowest BCUT2D eigenvalue weighted by Gasteiger charge is -2.19. The predicted octanol–water partition coefficient (Wildman–Crippen LogP) is 1.81. The summed E-state index contributed by atoms with van der Waals surface area (Å²) >= 11 is 0. The van der Waals surface area contributed by atoms with Gasteiger partial charge in [-0.2, -0.15) is 0 Å². The number of methoxy groups -OCH3 is 1. The summed E-state index contributed by atoms with van der Waals surface area (Å²) in [6, 6.07) is 8.30. The molecule has 0 radical (unpaired) electrons. The van der Waals surface area contributed by atoms with Crippen LogP contribution in [0.5, 0.6) is 5.75 Å². The van der Waals surface area contributed by atoms with E-state index in [-0.39, 0.29) is 11.3 Å². The number of ether oxygens (including phenoxy) is 1. The van der Waals surface area contributed by atoms with Crippen molar-refractivity contribution in [1.29, 1.82) is 0 Å². The molecule has 3 rings (SSSR count). The first-order chi connectivity index (χ1) is 8.15. The number of piperidine rings is 1. The maximum absolute atomic E-state index is 11.4. The fourth-order valence-corrected chi connectivity index (χ4v) is 3.09. The smallest absolute Gasteiger partial charge is 0.219 e. The van der Waals surface area contributed by atoms with Crippen molar-refractivity contribution in [3.63, 3.8) is 0 Å². The summed E-state index contributed by atoms with van der Waals surface area (Å²) in [6.07, 6.45) is 1.23. The Labute approximate surface area is 101 Å². The van der Waals surface area contributed by atoms with Gasteiger partial charge < -0.3 is 9.64 Å². The van der Waals surface area contributed by atoms with Crippen LogP contribution in [0.2, 0.25) is 0 Å². The molecule has 1 aromatic carbocycles. The van der Waals surface area contributed by atoms with Crippen LogP contribution in [0.3, 0.4) is 0 Å². The number of likely N-dealkylation sites (tertiary alicyclic amines) is 1. The van der Waals surface area contributed by atoms with Crippen molar-refractivity contribution in [3.05, 3.63) is 29.8 Å². The maximum atomic E-state index is 11.4. The second-order valence-corrected chi connectivity index (χ2v) is 5.19. The standard InChI is InChI=1S/C14H17NO2/c1-10(16)15-8-12-7-14(12,9-15)11-3-5-13(17-2)6-4-11/h3-6,12H,7-9H2,1-2H3. The van der Waals surface area contributed by atoms with Gasteiger partial charge in [0.25, 0.3) is 0 Å². The summed E-state index contributed by atoms with van der Waals surface area (Å²) in [7, 11) is 1.68. The van der Waals surface area contributed by atoms with E-state index in [0.29, 0.717) is 5.92 Å². The number of carbonyl (C=O) groups excluding carboxylic acids is 1. The monoisotopic (exact) mass is 231 g/mol. The molecule has 0 N–H and O–H groups in total. The van der Waals surface area contributed by atoms with Crippen LogP contribution in [-0.2, 0) is 10.2 Å². The molecule has 1 saturated heterocycles. The number of fused-ring (bicyclic) bond motifs is 1. The maximum Gasteiger partial charge on any atom is 0.219 e. The minimum atomic E-state index is 0.199. The van der Waals surface area contributed by atoms with Gasteiger partial charge in [-0.3, -0.25) is 4.79 Å². The summed E-state index contributed by atoms with van der Waals surface area (Å²) in [5.74, 6) is 1.76. The topological polar surface area (TPSA) is 29.5 Å². The van der Waals surface area contributed by atoms with Crippen molar-refractivity contribution < 1.29 is 9.53 Å². The molecule has 90 valence electrons. The lowest BCUT2D eigenvalue weighted by Crippen LogP contribution is -2.30. The molecule has 1 saturated carbocycles. The van der Waals surface area contributed by atoms with E-state index in [1.54, 1.807) is 14.0 Å². The first kappa shape index (κ1) is 10.6. The van der Waals surface area contributed by atoms with Gasteiger partial charge >= 0.3 is 0 Å². The third kappa shape index (κ3) is 1.53. The van der Waals surface area contributed by atoms with Crippen LogP contribution in [-0.4, -0.2) is 31.0 Å². The van der Waals surface area contributed by atoms with E-state index in [9.17, 15) is 4.79 Å². The highest BCUT2D eigenvalue weighted by Crippen LogP contribution is 2.59. The van der Waals surface area contributed by atoms with Crippen LogP contribution >= 0.6 is 0 Å². The Balaban J connectivity index is 1.83. The molecule has 0 aromatic heterocycles. The summed E-state index contributed by atoms with van der Waals surface area (Å²) in [6.45, 7) is 3.48. The van der Waals surface area contributed by atoms with Crippen LogP contribution < -0.4 is 4.74 Å². The Morgan fingerprint density at radius 2 is 2.12 bits per heavy atom. The molecule has 1 amide bonds. The van der Waals surface area contributed by atoms with Crippen molar-refractivity contribution in [3.8, 4) is 5.75 Å². The number of hydrogen-bond acceptors (Lipinski definition) is 2. The summed E-state index contributed by atoms with van der Waals surface area (Å²) in [5.41, 5.74) is 1.60. The van der Waals surface area contributed by atoms with Crippen molar-refractivity contribution >= 4 is 5.91 Å². The second kappa shape index (κ2) is 3.49. The zero-order valence-electron chi connectivity index (χ0n) is 10.3. The van der Waals surface area contributed by atoms with Crippen molar-refractivity contribution in [2.75, 3.05) is 20.2 Å². The lowest BCUT2D eigenvalue weighted by atomic mass is 9.95. The number of rotatable bonds is 2. The number of hydrogen-bond donors (Lipinski definition) is 0. The predicted molar refractivity (Wildman–Crippen MR) is 65.0 cm³/mol. The molecule has 3 heteroatoms. The zero-order chi connectivity index (χ0) is 12.0. The molecule has 1 aromatic rings. The van der Waals surface area contributed by atoms with E-state index >= 15 is 0 Å². The number of nitrogens with zero attached hydrogens (tertiary/aromatic N) is 1. The number of amides is 1. The Hall–Kier alpha value is -1.51. The largest absolute Gasteiger partial charge is 0.497 e. The Bertz CT molecular complexity index is 454. The summed E-state index contributed by atoms with van der Waals surface area (Å²) in [4.78, 5) is 13.4. The highest BCUT2D eigenvalue weighted by Gasteiger charge is 2.61. The molecule has 17 heavy (non-hydrogen) atoms. The van der Waals surface area contributed by atoms with E-state index in [0.717, 1.165) is 18.8 Å². The zero-order valence-corrected chi connectivity index (χ0v) is 10.3. The molecular weight excluding hydrogens is 214 g/mol. The van der Waals surface area contributed by atoms with Gasteiger partial charge in [-0.1, -0.05) is 12.1 Å². The Kier molecular flexibility index (Phi) is 2.18. The highest BCUT2D eigenvalue weighted by molar-refractivity contribution is 5.74. The minimum absolute atomic E-state index is 0.199. The van der Waals surface area contributed by atoms with Gasteiger partial charge in [-0.15, -0.1) is 0 Å². The first-order valence-electron chi connectivity index (χ1n) is 6.06. The van der Waals surface area contributed by atoms with Crippen molar-refractivity contribution in [2.24, 2.45) is 5.92 Å². The molecule has 2 aliphatic rings. The molecule has 3 nitrogen and oxygen atoms in total. The molecule has 0 spiro atoms.